The molecule has 14 nitrogen and oxygen atoms in total. The van der Waals surface area contributed by atoms with Crippen LogP contribution in [0.5, 0.6) is 23.0 Å². The highest BCUT2D eigenvalue weighted by Gasteiger charge is 2.31. The lowest BCUT2D eigenvalue weighted by molar-refractivity contribution is -0.129. The molecule has 0 radical (unpaired) electrons. The third-order valence-corrected chi connectivity index (χ3v) is 10.5. The topological polar surface area (TPSA) is 147 Å². The molecule has 0 bridgehead atoms. The number of halogens is 4. The number of amides is 5. The van der Waals surface area contributed by atoms with Crippen LogP contribution in [0.4, 0.5) is 32.8 Å². The van der Waals surface area contributed by atoms with Crippen LogP contribution in [0.3, 0.4) is 0 Å². The van der Waals surface area contributed by atoms with Crippen molar-refractivity contribution >= 4 is 46.3 Å². The summed E-state index contributed by atoms with van der Waals surface area (Å²) >= 11 is 0.936. The number of nitrogens with one attached hydrogen (secondary N) is 3. The summed E-state index contributed by atoms with van der Waals surface area (Å²) in [6.45, 7) is 4.09. The number of rotatable bonds is 10. The lowest BCUT2D eigenvalue weighted by atomic mass is 9.98. The number of piperidine rings is 1. The molecular weight excluding hydrogens is 775 g/mol. The number of hydrogen-bond acceptors (Lipinski definition) is 10. The van der Waals surface area contributed by atoms with E-state index in [1.54, 1.807) is 23.1 Å². The van der Waals surface area contributed by atoms with Crippen LogP contribution >= 0.6 is 11.8 Å². The fourth-order valence-electron chi connectivity index (χ4n) is 6.42. The number of thioether (sulfide) groups is 1. The second-order valence-corrected chi connectivity index (χ2v) is 14.2. The Kier molecular flexibility index (Phi) is 12.2. The van der Waals surface area contributed by atoms with E-state index in [1.807, 2.05) is 5.01 Å². The molecule has 2 fully saturated rings. The van der Waals surface area contributed by atoms with E-state index in [0.29, 0.717) is 68.4 Å². The fourth-order valence-corrected chi connectivity index (χ4v) is 7.33. The molecule has 1 atom stereocenters. The predicted molar refractivity (Wildman–Crippen MR) is 200 cm³/mol. The number of morpholine rings is 1. The van der Waals surface area contributed by atoms with Crippen molar-refractivity contribution in [3.63, 3.8) is 0 Å². The minimum Gasteiger partial charge on any atom is -0.493 e. The van der Waals surface area contributed by atoms with Crippen molar-refractivity contribution in [3.05, 3.63) is 95.0 Å². The summed E-state index contributed by atoms with van der Waals surface area (Å²) in [5.74, 6) is -4.97. The molecule has 5 amide bonds. The van der Waals surface area contributed by atoms with Gasteiger partial charge in [0.05, 0.1) is 32.4 Å². The predicted octanol–water partition coefficient (Wildman–Crippen LogP) is 6.46. The average molecular weight is 812 g/mol. The number of ether oxygens (including phenoxy) is 4. The molecule has 0 aliphatic carbocycles. The smallest absolute Gasteiger partial charge is 0.338 e. The maximum absolute atomic E-state index is 15.4. The van der Waals surface area contributed by atoms with E-state index in [1.165, 1.54) is 30.8 Å². The van der Waals surface area contributed by atoms with E-state index in [-0.39, 0.29) is 34.7 Å². The largest absolute Gasteiger partial charge is 0.493 e. The lowest BCUT2D eigenvalue weighted by Gasteiger charge is -2.34. The van der Waals surface area contributed by atoms with Crippen LogP contribution in [0.25, 0.3) is 10.9 Å². The number of carbonyl (C=O) groups excluding carboxylic acids is 3. The summed E-state index contributed by atoms with van der Waals surface area (Å²) in [4.78, 5) is 44.4. The van der Waals surface area contributed by atoms with E-state index in [9.17, 15) is 27.6 Å². The fraction of sp³-hybridized carbons (Fsp3) is 0.316. The standard InChI is InChI=1S/C38H37F4N7O7S/c1-53-32-19-25-29(20-33(32)55-21-22-5-9-47(10-6-22)38(52)46-48-11-13-54-14-12-48)43-8-4-30(25)56-31-3-2-24(18-26(31)39)44-37(51)45-49-34(50)7-15-57-36(49)23-16-27(40)35(42)28(41)17-23/h2-4,7-8,15-20,22,36H,5-6,9-14,21H2,1H3,(H,46,52)(H2,44,45,51). The average Bonchev–Trinajstić information content (AvgIpc) is 3.21. The Morgan fingerprint density at radius 1 is 0.895 bits per heavy atom. The Morgan fingerprint density at radius 3 is 2.37 bits per heavy atom. The number of anilines is 1. The molecule has 3 aliphatic rings. The molecule has 19 heteroatoms. The van der Waals surface area contributed by atoms with Gasteiger partial charge in [-0.25, -0.2) is 42.6 Å². The van der Waals surface area contributed by atoms with Crippen LogP contribution in [0.2, 0.25) is 0 Å². The summed E-state index contributed by atoms with van der Waals surface area (Å²) in [6, 6.07) is 8.97. The van der Waals surface area contributed by atoms with Crippen LogP contribution in [-0.2, 0) is 9.53 Å². The van der Waals surface area contributed by atoms with Crippen molar-refractivity contribution in [1.82, 2.24) is 30.8 Å². The number of likely N-dealkylation sites (tertiary alicyclic amines) is 1. The molecule has 7 rings (SSSR count). The Morgan fingerprint density at radius 2 is 1.65 bits per heavy atom. The molecule has 4 aromatic rings. The highest BCUT2D eigenvalue weighted by atomic mass is 32.2. The first-order valence-corrected chi connectivity index (χ1v) is 18.8. The van der Waals surface area contributed by atoms with Gasteiger partial charge < -0.3 is 29.2 Å². The monoisotopic (exact) mass is 811 g/mol. The quantitative estimate of drug-likeness (QED) is 0.120. The first kappa shape index (κ1) is 39.4. The number of benzene rings is 3. The number of hydrogen-bond donors (Lipinski definition) is 3. The summed E-state index contributed by atoms with van der Waals surface area (Å²) in [7, 11) is 1.50. The molecule has 2 saturated heterocycles. The third-order valence-electron chi connectivity index (χ3n) is 9.44. The van der Waals surface area contributed by atoms with Crippen molar-refractivity contribution in [2.45, 2.75) is 18.2 Å². The molecule has 0 spiro atoms. The maximum Gasteiger partial charge on any atom is 0.338 e. The van der Waals surface area contributed by atoms with E-state index >= 15 is 4.39 Å². The Balaban J connectivity index is 0.962. The maximum atomic E-state index is 15.4. The number of nitrogens with zero attached hydrogens (tertiary/aromatic N) is 4. The number of urea groups is 2. The van der Waals surface area contributed by atoms with E-state index in [4.69, 9.17) is 18.9 Å². The second-order valence-electron chi connectivity index (χ2n) is 13.2. The first-order chi connectivity index (χ1) is 27.6. The van der Waals surface area contributed by atoms with Crippen LogP contribution in [-0.4, -0.2) is 91.0 Å². The molecule has 3 aliphatic heterocycles. The molecule has 1 unspecified atom stereocenters. The minimum absolute atomic E-state index is 0.00889. The van der Waals surface area contributed by atoms with Gasteiger partial charge in [-0.05, 0) is 66.1 Å². The summed E-state index contributed by atoms with van der Waals surface area (Å²) in [5, 5.41) is 5.83. The Labute approximate surface area is 328 Å². The van der Waals surface area contributed by atoms with E-state index in [0.717, 1.165) is 53.9 Å². The second kappa shape index (κ2) is 17.6. The van der Waals surface area contributed by atoms with Crippen molar-refractivity contribution in [2.75, 3.05) is 58.4 Å². The number of pyridine rings is 1. The molecule has 0 saturated carbocycles. The van der Waals surface area contributed by atoms with Gasteiger partial charge >= 0.3 is 12.1 Å². The zero-order valence-electron chi connectivity index (χ0n) is 30.4. The van der Waals surface area contributed by atoms with Crippen molar-refractivity contribution in [2.24, 2.45) is 5.92 Å². The van der Waals surface area contributed by atoms with Crippen LogP contribution in [0.1, 0.15) is 23.8 Å². The van der Waals surface area contributed by atoms with Gasteiger partial charge in [0.25, 0.3) is 5.91 Å². The van der Waals surface area contributed by atoms with Gasteiger partial charge in [0.15, 0.2) is 40.5 Å². The molecule has 300 valence electrons. The number of carbonyl (C=O) groups is 3. The zero-order valence-corrected chi connectivity index (χ0v) is 31.3. The van der Waals surface area contributed by atoms with Crippen LogP contribution in [0.15, 0.2) is 66.2 Å². The Hall–Kier alpha value is -5.79. The number of methoxy groups -OCH3 is 1. The van der Waals surface area contributed by atoms with Crippen molar-refractivity contribution < 1.29 is 50.9 Å². The van der Waals surface area contributed by atoms with Gasteiger partial charge in [-0.1, -0.05) is 0 Å². The molecule has 57 heavy (non-hydrogen) atoms. The Bertz CT molecular complexity index is 2160. The highest BCUT2D eigenvalue weighted by molar-refractivity contribution is 8.02. The van der Waals surface area contributed by atoms with Gasteiger partial charge in [0.1, 0.15) is 11.1 Å². The third kappa shape index (κ3) is 9.27. The normalized spacial score (nSPS) is 17.7. The van der Waals surface area contributed by atoms with Gasteiger partial charge in [-0.3, -0.25) is 15.2 Å². The minimum atomic E-state index is -1.67. The van der Waals surface area contributed by atoms with Gasteiger partial charge in [-0.15, -0.1) is 11.8 Å². The number of fused-ring (bicyclic) bond motifs is 1. The number of hydrazine groups is 2. The summed E-state index contributed by atoms with van der Waals surface area (Å²) in [6.07, 6.45) is 4.16. The molecular formula is C38H37F4N7O7S. The highest BCUT2D eigenvalue weighted by Crippen LogP contribution is 2.39. The molecule has 3 aromatic carbocycles. The molecule has 3 N–H and O–H groups in total. The lowest BCUT2D eigenvalue weighted by Crippen LogP contribution is -2.54. The first-order valence-electron chi connectivity index (χ1n) is 17.9. The molecule has 4 heterocycles. The van der Waals surface area contributed by atoms with Gasteiger partial charge in [0.2, 0.25) is 0 Å². The van der Waals surface area contributed by atoms with Crippen molar-refractivity contribution in [3.8, 4) is 23.0 Å². The van der Waals surface area contributed by atoms with Crippen LogP contribution < -0.4 is 30.4 Å². The van der Waals surface area contributed by atoms with Crippen molar-refractivity contribution in [1.29, 1.82) is 0 Å². The van der Waals surface area contributed by atoms with Crippen LogP contribution in [0, 0.1) is 29.2 Å². The molecule has 1 aromatic heterocycles. The number of aromatic nitrogens is 1. The summed E-state index contributed by atoms with van der Waals surface area (Å²) < 4.78 is 79.9. The van der Waals surface area contributed by atoms with E-state index < -0.39 is 40.6 Å². The summed E-state index contributed by atoms with van der Waals surface area (Å²) in [5.41, 5.74) is 5.61. The SMILES string of the molecule is COc1cc2c(Oc3ccc(NC(=O)NN4C(=O)C=CSC4c4cc(F)c(F)c(F)c4)cc3F)ccnc2cc1OCC1CCN(C(=O)NN2CCOCC2)CC1. The van der Waals surface area contributed by atoms with E-state index in [2.05, 4.69) is 21.2 Å². The van der Waals surface area contributed by atoms with Gasteiger partial charge in [-0.2, -0.15) is 0 Å². The zero-order chi connectivity index (χ0) is 40.1. The van der Waals surface area contributed by atoms with Gasteiger partial charge in [0, 0.05) is 61.7 Å².